The molecule has 0 fully saturated rings. The van der Waals surface area contributed by atoms with Crippen molar-refractivity contribution < 1.29 is 18.5 Å². The number of hydrogen-bond acceptors (Lipinski definition) is 4. The van der Waals surface area contributed by atoms with Gasteiger partial charge in [0, 0.05) is 16.3 Å². The van der Waals surface area contributed by atoms with Crippen LogP contribution in [0.15, 0.2) is 62.8 Å². The Morgan fingerprint density at radius 2 is 1.72 bits per heavy atom. The number of carbonyl (C=O) groups is 1. The molecular weight excluding hydrogens is 428 g/mol. The smallest absolute Gasteiger partial charge is 0.302 e. The van der Waals surface area contributed by atoms with Crippen LogP contribution in [-0.2, 0) is 20.3 Å². The molecule has 25 heavy (non-hydrogen) atoms. The first-order valence-electron chi connectivity index (χ1n) is 7.26. The van der Waals surface area contributed by atoms with E-state index in [0.29, 0.717) is 26.1 Å². The fourth-order valence-corrected chi connectivity index (χ4v) is 3.73. The van der Waals surface area contributed by atoms with Crippen LogP contribution in [0.2, 0.25) is 0 Å². The van der Waals surface area contributed by atoms with Crippen molar-refractivity contribution in [2.24, 2.45) is 0 Å². The summed E-state index contributed by atoms with van der Waals surface area (Å²) in [5.74, 6) is 0.190. The summed E-state index contributed by atoms with van der Waals surface area (Å²) in [6, 6.07) is 14.1. The largest absolute Gasteiger partial charge is 0.497 e. The van der Waals surface area contributed by atoms with Crippen molar-refractivity contribution >= 4 is 49.3 Å². The van der Waals surface area contributed by atoms with Crippen molar-refractivity contribution in [3.05, 3.63) is 63.5 Å². The summed E-state index contributed by atoms with van der Waals surface area (Å²) in [7, 11) is -0.0227. The summed E-state index contributed by atoms with van der Waals surface area (Å²) in [6.07, 6.45) is 0. The summed E-state index contributed by atoms with van der Waals surface area (Å²) in [4.78, 5) is 12.0. The van der Waals surface area contributed by atoms with E-state index in [1.165, 1.54) is 6.92 Å². The Hall–Kier alpha value is -1.63. The van der Waals surface area contributed by atoms with Crippen LogP contribution < -0.4 is 4.74 Å². The highest BCUT2D eigenvalue weighted by atomic mass is 79.9. The van der Waals surface area contributed by atoms with Gasteiger partial charge < -0.3 is 9.47 Å². The molecule has 0 aliphatic carbocycles. The zero-order valence-corrected chi connectivity index (χ0v) is 16.8. The number of halogens is 2. The van der Waals surface area contributed by atoms with E-state index in [9.17, 15) is 9.00 Å². The highest BCUT2D eigenvalue weighted by Crippen LogP contribution is 2.29. The Bertz CT molecular complexity index is 801. The predicted molar refractivity (Wildman–Crippen MR) is 103 cm³/mol. The molecule has 0 aliphatic rings. The van der Waals surface area contributed by atoms with Crippen LogP contribution in [0.25, 0.3) is 5.03 Å². The van der Waals surface area contributed by atoms with Crippen LogP contribution in [0.3, 0.4) is 0 Å². The second-order valence-corrected chi connectivity index (χ2v) is 7.76. The normalized spacial score (nSPS) is 13.0. The summed E-state index contributed by atoms with van der Waals surface area (Å²) in [5.41, 5.74) is 0.689. The van der Waals surface area contributed by atoms with E-state index in [0.717, 1.165) is 4.47 Å². The number of rotatable bonds is 6. The molecule has 0 saturated carbocycles. The van der Waals surface area contributed by atoms with E-state index in [1.807, 2.05) is 12.1 Å². The third-order valence-corrected chi connectivity index (χ3v) is 5.80. The molecule has 0 aliphatic heterocycles. The van der Waals surface area contributed by atoms with Gasteiger partial charge in [-0.1, -0.05) is 39.7 Å². The van der Waals surface area contributed by atoms with Gasteiger partial charge in [-0.2, -0.15) is 0 Å². The predicted octanol–water partition coefficient (Wildman–Crippen LogP) is 4.74. The number of benzene rings is 2. The molecule has 0 saturated heterocycles. The lowest BCUT2D eigenvalue weighted by Crippen LogP contribution is -2.09. The number of methoxy groups -OCH3 is 1. The number of hydrogen-bond donors (Lipinski definition) is 0. The van der Waals surface area contributed by atoms with E-state index in [-0.39, 0.29) is 6.61 Å². The van der Waals surface area contributed by atoms with Gasteiger partial charge >= 0.3 is 5.97 Å². The first-order valence-corrected chi connectivity index (χ1v) is 9.58. The molecule has 1 unspecified atom stereocenters. The maximum atomic E-state index is 13.0. The lowest BCUT2D eigenvalue weighted by atomic mass is 10.2. The zero-order chi connectivity index (χ0) is 18.4. The number of carbonyl (C=O) groups excluding carboxylic acids is 1. The zero-order valence-electron chi connectivity index (χ0n) is 13.6. The maximum absolute atomic E-state index is 13.0. The molecule has 4 nitrogen and oxygen atoms in total. The molecule has 0 spiro atoms. The number of ether oxygens (including phenoxy) is 2. The average molecular weight is 444 g/mol. The monoisotopic (exact) mass is 442 g/mol. The second kappa shape index (κ2) is 9.17. The van der Waals surface area contributed by atoms with E-state index in [2.05, 4.69) is 15.9 Å². The topological polar surface area (TPSA) is 52.6 Å². The lowest BCUT2D eigenvalue weighted by molar-refractivity contribution is -0.139. The molecule has 0 amide bonds. The summed E-state index contributed by atoms with van der Waals surface area (Å²) in [6.45, 7) is 1.14. The third-order valence-electron chi connectivity index (χ3n) is 3.25. The molecule has 0 N–H and O–H groups in total. The fourth-order valence-electron chi connectivity index (χ4n) is 1.96. The van der Waals surface area contributed by atoms with E-state index >= 15 is 0 Å². The van der Waals surface area contributed by atoms with Gasteiger partial charge in [-0.3, -0.25) is 4.79 Å². The van der Waals surface area contributed by atoms with Gasteiger partial charge in [0.05, 0.1) is 27.8 Å². The Morgan fingerprint density at radius 1 is 1.12 bits per heavy atom. The SMILES string of the molecule is COc1ccc(S(=O)/C(COC(C)=O)=C(/Cl)c2ccc(Br)cc2)cc1. The molecule has 0 bridgehead atoms. The van der Waals surface area contributed by atoms with E-state index in [1.54, 1.807) is 43.5 Å². The molecule has 1 atom stereocenters. The minimum Gasteiger partial charge on any atom is -0.497 e. The molecule has 2 aromatic carbocycles. The summed E-state index contributed by atoms with van der Waals surface area (Å²) >= 11 is 9.83. The van der Waals surface area contributed by atoms with Gasteiger partial charge in [0.25, 0.3) is 0 Å². The second-order valence-electron chi connectivity index (χ2n) is 4.97. The van der Waals surface area contributed by atoms with Gasteiger partial charge in [-0.25, -0.2) is 4.21 Å². The van der Waals surface area contributed by atoms with E-state index in [4.69, 9.17) is 21.1 Å². The molecule has 7 heteroatoms. The lowest BCUT2D eigenvalue weighted by Gasteiger charge is -2.12. The van der Waals surface area contributed by atoms with Crippen molar-refractivity contribution in [2.45, 2.75) is 11.8 Å². The standard InChI is InChI=1S/C18H16BrClO4S/c1-12(21)24-11-17(18(20)13-3-5-14(19)6-4-13)25(22)16-9-7-15(23-2)8-10-16/h3-10H,11H2,1-2H3/b18-17+. The molecule has 2 aromatic rings. The summed E-state index contributed by atoms with van der Waals surface area (Å²) < 4.78 is 24.0. The molecule has 0 radical (unpaired) electrons. The van der Waals surface area contributed by atoms with Gasteiger partial charge in [0.2, 0.25) is 0 Å². The van der Waals surface area contributed by atoms with Gasteiger partial charge in [-0.05, 0) is 42.0 Å². The van der Waals surface area contributed by atoms with Crippen LogP contribution in [0.5, 0.6) is 5.75 Å². The highest BCUT2D eigenvalue weighted by Gasteiger charge is 2.18. The minimum absolute atomic E-state index is 0.150. The Labute approximate surface area is 162 Å². The Morgan fingerprint density at radius 3 is 2.24 bits per heavy atom. The van der Waals surface area contributed by atoms with Crippen LogP contribution >= 0.6 is 27.5 Å². The molecule has 0 aromatic heterocycles. The minimum atomic E-state index is -1.58. The highest BCUT2D eigenvalue weighted by molar-refractivity contribution is 9.10. The first-order chi connectivity index (χ1) is 11.9. The van der Waals surface area contributed by atoms with Crippen LogP contribution in [0.1, 0.15) is 12.5 Å². The van der Waals surface area contributed by atoms with Gasteiger partial charge in [0.1, 0.15) is 12.4 Å². The van der Waals surface area contributed by atoms with Crippen LogP contribution in [-0.4, -0.2) is 23.9 Å². The van der Waals surface area contributed by atoms with Crippen LogP contribution in [0, 0.1) is 0 Å². The number of esters is 1. The molecular formula is C18H16BrClO4S. The molecule has 132 valence electrons. The quantitative estimate of drug-likeness (QED) is 0.605. The fraction of sp³-hybridized carbons (Fsp3) is 0.167. The van der Waals surface area contributed by atoms with Crippen molar-refractivity contribution in [1.29, 1.82) is 0 Å². The van der Waals surface area contributed by atoms with Gasteiger partial charge in [-0.15, -0.1) is 0 Å². The third kappa shape index (κ3) is 5.42. The molecule has 0 heterocycles. The van der Waals surface area contributed by atoms with Crippen molar-refractivity contribution in [3.8, 4) is 5.75 Å². The van der Waals surface area contributed by atoms with Crippen molar-refractivity contribution in [1.82, 2.24) is 0 Å². The Balaban J connectivity index is 2.42. The average Bonchev–Trinajstić information content (AvgIpc) is 2.62. The maximum Gasteiger partial charge on any atom is 0.302 e. The van der Waals surface area contributed by atoms with Crippen LogP contribution in [0.4, 0.5) is 0 Å². The summed E-state index contributed by atoms with van der Waals surface area (Å²) in [5, 5.41) is 0.294. The van der Waals surface area contributed by atoms with E-state index < -0.39 is 16.8 Å². The van der Waals surface area contributed by atoms with Crippen molar-refractivity contribution in [3.63, 3.8) is 0 Å². The first kappa shape index (κ1) is 19.7. The Kier molecular flexibility index (Phi) is 7.23. The van der Waals surface area contributed by atoms with Crippen molar-refractivity contribution in [2.75, 3.05) is 13.7 Å². The molecule has 2 rings (SSSR count). The van der Waals surface area contributed by atoms with Gasteiger partial charge in [0.15, 0.2) is 0 Å².